The van der Waals surface area contributed by atoms with Gasteiger partial charge in [0, 0.05) is 16.1 Å². The summed E-state index contributed by atoms with van der Waals surface area (Å²) in [5, 5.41) is 0. The Morgan fingerprint density at radius 1 is 0.962 bits per heavy atom. The maximum Gasteiger partial charge on any atom is 0.279 e. The molecule has 2 aromatic carbocycles. The molecule has 1 unspecified atom stereocenters. The number of hydrogen-bond acceptors (Lipinski definition) is 5. The number of carbonyl (C=O) groups is 2. The predicted molar refractivity (Wildman–Crippen MR) is 99.4 cm³/mol. The van der Waals surface area contributed by atoms with E-state index in [4.69, 9.17) is 14.2 Å². The van der Waals surface area contributed by atoms with E-state index >= 15 is 0 Å². The van der Waals surface area contributed by atoms with Crippen LogP contribution in [0, 0.1) is 0 Å². The largest absolute Gasteiger partial charge is 0.497 e. The Labute approximate surface area is 159 Å². The fourth-order valence-corrected chi connectivity index (χ4v) is 2.41. The molecule has 0 aliphatic carbocycles. The third-order valence-corrected chi connectivity index (χ3v) is 3.88. The standard InChI is InChI=1S/C18H19BrN2O5/c1-11(26-14-6-4-5-13(19)9-14)17(22)20-21-18(23)12-7-15(24-2)10-16(8-12)25-3/h4-11H,1-3H3,(H,20,22)(H,21,23). The van der Waals surface area contributed by atoms with Crippen LogP contribution in [-0.4, -0.2) is 32.1 Å². The molecule has 2 aromatic rings. The summed E-state index contributed by atoms with van der Waals surface area (Å²) in [6, 6.07) is 11.8. The molecule has 0 aromatic heterocycles. The number of nitrogens with one attached hydrogen (secondary N) is 2. The second kappa shape index (κ2) is 9.10. The third kappa shape index (κ3) is 5.38. The minimum Gasteiger partial charge on any atom is -0.497 e. The van der Waals surface area contributed by atoms with Crippen molar-refractivity contribution in [3.63, 3.8) is 0 Å². The van der Waals surface area contributed by atoms with Gasteiger partial charge in [0.1, 0.15) is 17.2 Å². The van der Waals surface area contributed by atoms with Gasteiger partial charge in [0.25, 0.3) is 11.8 Å². The third-order valence-electron chi connectivity index (χ3n) is 3.39. The van der Waals surface area contributed by atoms with E-state index in [2.05, 4.69) is 26.8 Å². The Morgan fingerprint density at radius 3 is 2.19 bits per heavy atom. The van der Waals surface area contributed by atoms with E-state index in [-0.39, 0.29) is 5.56 Å². The second-order valence-corrected chi connectivity index (χ2v) is 6.18. The van der Waals surface area contributed by atoms with Gasteiger partial charge in [0.2, 0.25) is 0 Å². The van der Waals surface area contributed by atoms with Crippen molar-refractivity contribution in [2.45, 2.75) is 13.0 Å². The van der Waals surface area contributed by atoms with Crippen molar-refractivity contribution < 1.29 is 23.8 Å². The van der Waals surface area contributed by atoms with Crippen LogP contribution in [0.2, 0.25) is 0 Å². The van der Waals surface area contributed by atoms with Crippen LogP contribution in [0.4, 0.5) is 0 Å². The van der Waals surface area contributed by atoms with E-state index in [1.165, 1.54) is 26.4 Å². The number of amides is 2. The van der Waals surface area contributed by atoms with Crippen LogP contribution in [-0.2, 0) is 4.79 Å². The van der Waals surface area contributed by atoms with Crippen LogP contribution in [0.3, 0.4) is 0 Å². The Balaban J connectivity index is 1.95. The van der Waals surface area contributed by atoms with E-state index in [0.29, 0.717) is 17.2 Å². The lowest BCUT2D eigenvalue weighted by Crippen LogP contribution is -2.47. The van der Waals surface area contributed by atoms with Gasteiger partial charge in [-0.1, -0.05) is 22.0 Å². The van der Waals surface area contributed by atoms with E-state index < -0.39 is 17.9 Å². The maximum absolute atomic E-state index is 12.2. The van der Waals surface area contributed by atoms with E-state index in [9.17, 15) is 9.59 Å². The van der Waals surface area contributed by atoms with Crippen LogP contribution in [0.15, 0.2) is 46.9 Å². The quantitative estimate of drug-likeness (QED) is 0.698. The van der Waals surface area contributed by atoms with Crippen LogP contribution < -0.4 is 25.1 Å². The first-order valence-electron chi connectivity index (χ1n) is 7.68. The smallest absolute Gasteiger partial charge is 0.279 e. The van der Waals surface area contributed by atoms with Gasteiger partial charge in [-0.15, -0.1) is 0 Å². The highest BCUT2D eigenvalue weighted by molar-refractivity contribution is 9.10. The van der Waals surface area contributed by atoms with Gasteiger partial charge < -0.3 is 14.2 Å². The van der Waals surface area contributed by atoms with Gasteiger partial charge in [0.15, 0.2) is 6.10 Å². The number of ether oxygens (including phenoxy) is 3. The van der Waals surface area contributed by atoms with Crippen molar-refractivity contribution >= 4 is 27.7 Å². The summed E-state index contributed by atoms with van der Waals surface area (Å²) in [6.07, 6.45) is -0.801. The molecule has 0 saturated carbocycles. The molecule has 0 fully saturated rings. The zero-order chi connectivity index (χ0) is 19.1. The minimum atomic E-state index is -0.801. The first kappa shape index (κ1) is 19.6. The number of rotatable bonds is 6. The average molecular weight is 423 g/mol. The van der Waals surface area contributed by atoms with E-state index in [0.717, 1.165) is 4.47 Å². The summed E-state index contributed by atoms with van der Waals surface area (Å²) in [7, 11) is 2.97. The number of hydrogen-bond donors (Lipinski definition) is 2. The molecule has 0 spiro atoms. The summed E-state index contributed by atoms with van der Waals surface area (Å²) < 4.78 is 16.6. The Bertz CT molecular complexity index is 775. The van der Waals surface area contributed by atoms with Crippen molar-refractivity contribution in [2.24, 2.45) is 0 Å². The fourth-order valence-electron chi connectivity index (χ4n) is 2.03. The summed E-state index contributed by atoms with van der Waals surface area (Å²) in [4.78, 5) is 24.3. The molecular weight excluding hydrogens is 404 g/mol. The average Bonchev–Trinajstić information content (AvgIpc) is 2.65. The Hall–Kier alpha value is -2.74. The minimum absolute atomic E-state index is 0.280. The molecule has 0 saturated heterocycles. The van der Waals surface area contributed by atoms with Crippen LogP contribution in [0.25, 0.3) is 0 Å². The van der Waals surface area contributed by atoms with Gasteiger partial charge >= 0.3 is 0 Å². The Kier molecular flexibility index (Phi) is 6.85. The molecule has 0 bridgehead atoms. The molecule has 2 rings (SSSR count). The summed E-state index contributed by atoms with van der Waals surface area (Å²) in [5.41, 5.74) is 4.95. The van der Waals surface area contributed by atoms with Crippen molar-refractivity contribution in [2.75, 3.05) is 14.2 Å². The van der Waals surface area contributed by atoms with Crippen molar-refractivity contribution in [1.29, 1.82) is 0 Å². The number of benzene rings is 2. The molecule has 26 heavy (non-hydrogen) atoms. The fraction of sp³-hybridized carbons (Fsp3) is 0.222. The zero-order valence-corrected chi connectivity index (χ0v) is 16.1. The normalized spacial score (nSPS) is 11.2. The molecule has 0 radical (unpaired) electrons. The number of methoxy groups -OCH3 is 2. The summed E-state index contributed by atoms with van der Waals surface area (Å²) in [6.45, 7) is 1.58. The molecule has 7 nitrogen and oxygen atoms in total. The topological polar surface area (TPSA) is 85.9 Å². The molecule has 0 aliphatic heterocycles. The summed E-state index contributed by atoms with van der Waals surface area (Å²) in [5.74, 6) is 0.462. The van der Waals surface area contributed by atoms with E-state index in [1.54, 1.807) is 31.2 Å². The molecule has 0 aliphatic rings. The monoisotopic (exact) mass is 422 g/mol. The highest BCUT2D eigenvalue weighted by Crippen LogP contribution is 2.22. The highest BCUT2D eigenvalue weighted by atomic mass is 79.9. The number of carbonyl (C=O) groups excluding carboxylic acids is 2. The lowest BCUT2D eigenvalue weighted by molar-refractivity contribution is -0.128. The lowest BCUT2D eigenvalue weighted by Gasteiger charge is -2.15. The molecule has 1 atom stereocenters. The molecule has 0 heterocycles. The lowest BCUT2D eigenvalue weighted by atomic mass is 10.2. The molecule has 8 heteroatoms. The first-order valence-corrected chi connectivity index (χ1v) is 8.47. The van der Waals surface area contributed by atoms with Gasteiger partial charge in [-0.3, -0.25) is 20.4 Å². The Morgan fingerprint density at radius 2 is 1.62 bits per heavy atom. The predicted octanol–water partition coefficient (Wildman–Crippen LogP) is 2.69. The number of halogens is 1. The van der Waals surface area contributed by atoms with Crippen LogP contribution in [0.1, 0.15) is 17.3 Å². The maximum atomic E-state index is 12.2. The van der Waals surface area contributed by atoms with Gasteiger partial charge in [-0.25, -0.2) is 0 Å². The van der Waals surface area contributed by atoms with Crippen molar-refractivity contribution in [3.05, 3.63) is 52.5 Å². The van der Waals surface area contributed by atoms with Crippen molar-refractivity contribution in [1.82, 2.24) is 10.9 Å². The molecular formula is C18H19BrN2O5. The van der Waals surface area contributed by atoms with E-state index in [1.807, 2.05) is 6.07 Å². The van der Waals surface area contributed by atoms with Crippen molar-refractivity contribution in [3.8, 4) is 17.2 Å². The molecule has 138 valence electrons. The molecule has 2 amide bonds. The highest BCUT2D eigenvalue weighted by Gasteiger charge is 2.17. The van der Waals surface area contributed by atoms with Gasteiger partial charge in [-0.05, 0) is 37.3 Å². The SMILES string of the molecule is COc1cc(OC)cc(C(=O)NNC(=O)C(C)Oc2cccc(Br)c2)c1. The second-order valence-electron chi connectivity index (χ2n) is 5.26. The van der Waals surface area contributed by atoms with Crippen LogP contribution >= 0.6 is 15.9 Å². The number of hydrazine groups is 1. The first-order chi connectivity index (χ1) is 12.4. The molecule has 2 N–H and O–H groups in total. The zero-order valence-electron chi connectivity index (χ0n) is 14.5. The van der Waals surface area contributed by atoms with Gasteiger partial charge in [0.05, 0.1) is 14.2 Å². The van der Waals surface area contributed by atoms with Crippen LogP contribution in [0.5, 0.6) is 17.2 Å². The summed E-state index contributed by atoms with van der Waals surface area (Å²) >= 11 is 3.33. The van der Waals surface area contributed by atoms with Gasteiger partial charge in [-0.2, -0.15) is 0 Å².